The van der Waals surface area contributed by atoms with Crippen LogP contribution in [0.5, 0.6) is 0 Å². The summed E-state index contributed by atoms with van der Waals surface area (Å²) >= 11 is 0. The second-order valence-corrected chi connectivity index (χ2v) is 5.56. The molecule has 1 aliphatic carbocycles. The Labute approximate surface area is 106 Å². The van der Waals surface area contributed by atoms with Gasteiger partial charge in [0.05, 0.1) is 0 Å². The summed E-state index contributed by atoms with van der Waals surface area (Å²) in [7, 11) is 0. The molecule has 0 N–H and O–H groups in total. The van der Waals surface area contributed by atoms with Gasteiger partial charge in [-0.3, -0.25) is 0 Å². The molecule has 0 aromatic heterocycles. The minimum Gasteiger partial charge on any atom is -0.0651 e. The van der Waals surface area contributed by atoms with Crippen LogP contribution in [-0.2, 0) is 19.3 Å². The molecule has 17 heavy (non-hydrogen) atoms. The van der Waals surface area contributed by atoms with Gasteiger partial charge in [0.1, 0.15) is 0 Å². The third-order valence-electron chi connectivity index (χ3n) is 4.17. The minimum atomic E-state index is 0.969. The minimum absolute atomic E-state index is 0.969. The van der Waals surface area contributed by atoms with E-state index in [9.17, 15) is 0 Å². The summed E-state index contributed by atoms with van der Waals surface area (Å²) in [5, 5.41) is 0. The average molecular weight is 230 g/mol. The van der Waals surface area contributed by atoms with Crippen molar-refractivity contribution in [2.24, 2.45) is 5.92 Å². The molecule has 1 fully saturated rings. The molecule has 94 valence electrons. The van der Waals surface area contributed by atoms with Gasteiger partial charge in [-0.2, -0.15) is 0 Å². The highest BCUT2D eigenvalue weighted by Crippen LogP contribution is 2.28. The SMILES string of the molecule is CCCc1ccc(CC2CCCC2)cc1CC. The molecule has 0 unspecified atom stereocenters. The maximum Gasteiger partial charge on any atom is -0.0250 e. The van der Waals surface area contributed by atoms with Gasteiger partial charge in [-0.05, 0) is 41.9 Å². The summed E-state index contributed by atoms with van der Waals surface area (Å²) in [5.41, 5.74) is 4.74. The molecule has 0 radical (unpaired) electrons. The number of hydrogen-bond donors (Lipinski definition) is 0. The van der Waals surface area contributed by atoms with Gasteiger partial charge in [0.15, 0.2) is 0 Å². The predicted molar refractivity (Wildman–Crippen MR) is 75.5 cm³/mol. The Morgan fingerprint density at radius 2 is 1.82 bits per heavy atom. The van der Waals surface area contributed by atoms with E-state index in [2.05, 4.69) is 32.0 Å². The molecular weight excluding hydrogens is 204 g/mol. The molecule has 1 saturated carbocycles. The molecule has 0 saturated heterocycles. The van der Waals surface area contributed by atoms with Crippen LogP contribution in [-0.4, -0.2) is 0 Å². The quantitative estimate of drug-likeness (QED) is 0.672. The van der Waals surface area contributed by atoms with E-state index in [1.165, 1.54) is 51.4 Å². The smallest absolute Gasteiger partial charge is 0.0250 e. The summed E-state index contributed by atoms with van der Waals surface area (Å²) in [6.07, 6.45) is 10.8. The van der Waals surface area contributed by atoms with Crippen LogP contribution >= 0.6 is 0 Å². The molecule has 2 rings (SSSR count). The standard InChI is InChI=1S/C17H26/c1-3-7-17-11-10-15(13-16(17)4-2)12-14-8-5-6-9-14/h10-11,13-14H,3-9,12H2,1-2H3. The van der Waals surface area contributed by atoms with E-state index in [1.807, 2.05) is 0 Å². The maximum absolute atomic E-state index is 2.48. The first-order valence-corrected chi connectivity index (χ1v) is 7.44. The van der Waals surface area contributed by atoms with Crippen LogP contribution in [0.25, 0.3) is 0 Å². The lowest BCUT2D eigenvalue weighted by Crippen LogP contribution is -2.01. The lowest BCUT2D eigenvalue weighted by Gasteiger charge is -2.13. The fraction of sp³-hybridized carbons (Fsp3) is 0.647. The average Bonchev–Trinajstić information content (AvgIpc) is 2.84. The Balaban J connectivity index is 2.07. The largest absolute Gasteiger partial charge is 0.0651 e. The molecule has 0 aliphatic heterocycles. The summed E-state index contributed by atoms with van der Waals surface area (Å²) in [4.78, 5) is 0. The van der Waals surface area contributed by atoms with Crippen molar-refractivity contribution in [3.63, 3.8) is 0 Å². The fourth-order valence-electron chi connectivity index (χ4n) is 3.20. The molecule has 0 atom stereocenters. The summed E-state index contributed by atoms with van der Waals surface area (Å²) in [5.74, 6) is 0.969. The van der Waals surface area contributed by atoms with Crippen molar-refractivity contribution in [1.29, 1.82) is 0 Å². The van der Waals surface area contributed by atoms with Crippen molar-refractivity contribution in [2.75, 3.05) is 0 Å². The van der Waals surface area contributed by atoms with E-state index in [1.54, 1.807) is 16.7 Å². The molecule has 0 nitrogen and oxygen atoms in total. The summed E-state index contributed by atoms with van der Waals surface area (Å²) < 4.78 is 0. The number of rotatable bonds is 5. The van der Waals surface area contributed by atoms with Crippen LogP contribution in [0.3, 0.4) is 0 Å². The monoisotopic (exact) mass is 230 g/mol. The lowest BCUT2D eigenvalue weighted by molar-refractivity contribution is 0.546. The molecule has 1 aliphatic rings. The first-order chi connectivity index (χ1) is 8.33. The first-order valence-electron chi connectivity index (χ1n) is 7.44. The fourth-order valence-corrected chi connectivity index (χ4v) is 3.20. The Hall–Kier alpha value is -0.780. The second-order valence-electron chi connectivity index (χ2n) is 5.56. The molecule has 1 aromatic rings. The second kappa shape index (κ2) is 6.23. The van der Waals surface area contributed by atoms with Crippen molar-refractivity contribution < 1.29 is 0 Å². The third kappa shape index (κ3) is 3.34. The van der Waals surface area contributed by atoms with Gasteiger partial charge in [0, 0.05) is 0 Å². The van der Waals surface area contributed by atoms with E-state index in [0.717, 1.165) is 5.92 Å². The topological polar surface area (TPSA) is 0 Å². The highest BCUT2D eigenvalue weighted by atomic mass is 14.2. The van der Waals surface area contributed by atoms with Gasteiger partial charge in [-0.15, -0.1) is 0 Å². The first kappa shape index (κ1) is 12.7. The number of benzene rings is 1. The van der Waals surface area contributed by atoms with Crippen molar-refractivity contribution in [3.05, 3.63) is 34.9 Å². The Bertz CT molecular complexity index is 345. The van der Waals surface area contributed by atoms with Gasteiger partial charge >= 0.3 is 0 Å². The van der Waals surface area contributed by atoms with Crippen LogP contribution in [0.4, 0.5) is 0 Å². The zero-order valence-electron chi connectivity index (χ0n) is 11.5. The van der Waals surface area contributed by atoms with Gasteiger partial charge in [-0.25, -0.2) is 0 Å². The van der Waals surface area contributed by atoms with E-state index in [0.29, 0.717) is 0 Å². The highest BCUT2D eigenvalue weighted by Gasteiger charge is 2.15. The van der Waals surface area contributed by atoms with Gasteiger partial charge in [0.25, 0.3) is 0 Å². The highest BCUT2D eigenvalue weighted by molar-refractivity contribution is 5.32. The van der Waals surface area contributed by atoms with Crippen LogP contribution in [0.1, 0.15) is 62.6 Å². The van der Waals surface area contributed by atoms with Crippen LogP contribution in [0, 0.1) is 5.92 Å². The molecule has 0 heteroatoms. The van der Waals surface area contributed by atoms with Crippen molar-refractivity contribution >= 4 is 0 Å². The zero-order chi connectivity index (χ0) is 12.1. The molecular formula is C17H26. The van der Waals surface area contributed by atoms with Crippen LogP contribution in [0.15, 0.2) is 18.2 Å². The van der Waals surface area contributed by atoms with Gasteiger partial charge in [-0.1, -0.05) is 64.2 Å². The normalized spacial score (nSPS) is 16.6. The molecule has 0 heterocycles. The van der Waals surface area contributed by atoms with E-state index in [-0.39, 0.29) is 0 Å². The van der Waals surface area contributed by atoms with E-state index >= 15 is 0 Å². The molecule has 0 amide bonds. The molecule has 0 bridgehead atoms. The molecule has 0 spiro atoms. The molecule has 1 aromatic carbocycles. The van der Waals surface area contributed by atoms with Crippen molar-refractivity contribution in [1.82, 2.24) is 0 Å². The predicted octanol–water partition coefficient (Wildman–Crippen LogP) is 4.93. The number of hydrogen-bond acceptors (Lipinski definition) is 0. The lowest BCUT2D eigenvalue weighted by atomic mass is 9.93. The van der Waals surface area contributed by atoms with E-state index in [4.69, 9.17) is 0 Å². The maximum atomic E-state index is 2.48. The zero-order valence-corrected chi connectivity index (χ0v) is 11.5. The van der Waals surface area contributed by atoms with Crippen molar-refractivity contribution in [3.8, 4) is 0 Å². The van der Waals surface area contributed by atoms with Gasteiger partial charge in [0.2, 0.25) is 0 Å². The van der Waals surface area contributed by atoms with Crippen LogP contribution < -0.4 is 0 Å². The number of aryl methyl sites for hydroxylation is 2. The Morgan fingerprint density at radius 1 is 1.06 bits per heavy atom. The van der Waals surface area contributed by atoms with E-state index < -0.39 is 0 Å². The Kier molecular flexibility index (Phi) is 4.65. The van der Waals surface area contributed by atoms with Crippen molar-refractivity contribution in [2.45, 2.75) is 65.2 Å². The summed E-state index contributed by atoms with van der Waals surface area (Å²) in [6.45, 7) is 4.56. The van der Waals surface area contributed by atoms with Gasteiger partial charge < -0.3 is 0 Å². The van der Waals surface area contributed by atoms with Crippen LogP contribution in [0.2, 0.25) is 0 Å². The third-order valence-corrected chi connectivity index (χ3v) is 4.17. The Morgan fingerprint density at radius 3 is 2.47 bits per heavy atom. The summed E-state index contributed by atoms with van der Waals surface area (Å²) in [6, 6.07) is 7.23.